The smallest absolute Gasteiger partial charge is 0.343 e. The molecule has 1 unspecified atom stereocenters. The Labute approximate surface area is 288 Å². The zero-order valence-electron chi connectivity index (χ0n) is 28.1. The molecule has 3 aromatic carbocycles. The molecule has 0 saturated carbocycles. The first-order valence-corrected chi connectivity index (χ1v) is 16.5. The van der Waals surface area contributed by atoms with E-state index >= 15 is 0 Å². The number of carbonyl (C=O) groups is 3. The molecule has 49 heavy (non-hydrogen) atoms. The molecule has 3 rings (SSSR count). The van der Waals surface area contributed by atoms with Crippen LogP contribution < -0.4 is 18.9 Å². The van der Waals surface area contributed by atoms with E-state index in [4.69, 9.17) is 28.4 Å². The van der Waals surface area contributed by atoms with E-state index in [1.807, 2.05) is 0 Å². The van der Waals surface area contributed by atoms with Gasteiger partial charge in [0.05, 0.1) is 32.0 Å². The van der Waals surface area contributed by atoms with Crippen molar-refractivity contribution in [3.8, 4) is 23.0 Å². The minimum atomic E-state index is -1.20. The molecule has 0 aliphatic carbocycles. The second kappa shape index (κ2) is 21.7. The lowest BCUT2D eigenvalue weighted by molar-refractivity contribution is -0.138. The highest BCUT2D eigenvalue weighted by atomic mass is 16.6. The number of aliphatic hydroxyl groups excluding tert-OH is 1. The second-order valence-electron chi connectivity index (χ2n) is 11.1. The molecule has 0 fully saturated rings. The van der Waals surface area contributed by atoms with Gasteiger partial charge in [-0.25, -0.2) is 14.4 Å². The Morgan fingerprint density at radius 2 is 1.12 bits per heavy atom. The van der Waals surface area contributed by atoms with Crippen molar-refractivity contribution in [2.24, 2.45) is 0 Å². The van der Waals surface area contributed by atoms with Gasteiger partial charge in [-0.05, 0) is 131 Å². The number of carbonyl (C=O) groups excluding carboxylic acids is 3. The van der Waals surface area contributed by atoms with Gasteiger partial charge in [0.15, 0.2) is 0 Å². The third kappa shape index (κ3) is 14.7. The molecule has 0 saturated heterocycles. The van der Waals surface area contributed by atoms with Crippen molar-refractivity contribution in [3.05, 3.63) is 109 Å². The van der Waals surface area contributed by atoms with Crippen molar-refractivity contribution < 1.29 is 47.9 Å². The van der Waals surface area contributed by atoms with Crippen LogP contribution in [0.15, 0.2) is 92.0 Å². The van der Waals surface area contributed by atoms with Gasteiger partial charge in [-0.15, -0.1) is 0 Å². The summed E-state index contributed by atoms with van der Waals surface area (Å²) < 4.78 is 32.8. The summed E-state index contributed by atoms with van der Waals surface area (Å²) >= 11 is 0. The Hall–Kier alpha value is -5.09. The molecule has 3 aromatic rings. The number of unbranched alkanes of at least 4 members (excludes halogenated alkanes) is 6. The van der Waals surface area contributed by atoms with Crippen LogP contribution in [0.25, 0.3) is 0 Å². The molecule has 0 aliphatic rings. The number of hydrogen-bond acceptors (Lipinski definition) is 10. The summed E-state index contributed by atoms with van der Waals surface area (Å²) in [5.41, 5.74) is 1.63. The summed E-state index contributed by atoms with van der Waals surface area (Å²) in [4.78, 5) is 34.8. The fourth-order valence-corrected chi connectivity index (χ4v) is 4.55. The van der Waals surface area contributed by atoms with Crippen LogP contribution in [0.1, 0.15) is 79.1 Å². The van der Waals surface area contributed by atoms with Crippen LogP contribution in [0, 0.1) is 6.92 Å². The molecule has 0 bridgehead atoms. The molecule has 0 amide bonds. The first-order valence-electron chi connectivity index (χ1n) is 16.5. The SMILES string of the molecule is C=CC(=O)OCCCCCCOc1ccc(C(=O)Oc2ccc(OC(O)c3ccc(OCCCCCCOC(=O)C=C)cc3)c(C)c2)cc1. The maximum Gasteiger partial charge on any atom is 0.343 e. The second-order valence-corrected chi connectivity index (χ2v) is 11.1. The van der Waals surface area contributed by atoms with E-state index in [9.17, 15) is 19.5 Å². The minimum absolute atomic E-state index is 0.349. The van der Waals surface area contributed by atoms with Gasteiger partial charge in [0.2, 0.25) is 6.29 Å². The summed E-state index contributed by atoms with van der Waals surface area (Å²) in [6.45, 7) is 10.4. The molecule has 0 radical (unpaired) electrons. The number of aliphatic hydroxyl groups is 1. The third-order valence-corrected chi connectivity index (χ3v) is 7.29. The Balaban J connectivity index is 1.35. The maximum absolute atomic E-state index is 12.7. The Morgan fingerprint density at radius 1 is 0.653 bits per heavy atom. The normalized spacial score (nSPS) is 11.1. The van der Waals surface area contributed by atoms with Gasteiger partial charge in [0, 0.05) is 17.7 Å². The van der Waals surface area contributed by atoms with Gasteiger partial charge in [-0.1, -0.05) is 13.2 Å². The summed E-state index contributed by atoms with van der Waals surface area (Å²) in [5, 5.41) is 10.7. The molecule has 0 aliphatic heterocycles. The fourth-order valence-electron chi connectivity index (χ4n) is 4.55. The van der Waals surface area contributed by atoms with Crippen molar-refractivity contribution in [1.29, 1.82) is 0 Å². The average Bonchev–Trinajstić information content (AvgIpc) is 3.11. The van der Waals surface area contributed by atoms with Crippen LogP contribution in [-0.2, 0) is 19.1 Å². The molecule has 0 aromatic heterocycles. The van der Waals surface area contributed by atoms with E-state index in [1.165, 1.54) is 0 Å². The molecule has 0 spiro atoms. The van der Waals surface area contributed by atoms with Gasteiger partial charge in [0.25, 0.3) is 0 Å². The minimum Gasteiger partial charge on any atom is -0.494 e. The largest absolute Gasteiger partial charge is 0.494 e. The molecular weight excluding hydrogens is 628 g/mol. The number of rotatable bonds is 23. The number of benzene rings is 3. The summed E-state index contributed by atoms with van der Waals surface area (Å²) in [6, 6.07) is 18.7. The van der Waals surface area contributed by atoms with E-state index in [0.29, 0.717) is 66.1 Å². The maximum atomic E-state index is 12.7. The molecule has 1 atom stereocenters. The quantitative estimate of drug-likeness (QED) is 0.0353. The molecule has 10 nitrogen and oxygen atoms in total. The van der Waals surface area contributed by atoms with Gasteiger partial charge in [-0.3, -0.25) is 0 Å². The number of esters is 3. The predicted octanol–water partition coefficient (Wildman–Crippen LogP) is 7.62. The van der Waals surface area contributed by atoms with Crippen LogP contribution in [0.4, 0.5) is 0 Å². The molecule has 0 heterocycles. The summed E-state index contributed by atoms with van der Waals surface area (Å²) in [5.74, 6) is 0.831. The molecule has 1 N–H and O–H groups in total. The van der Waals surface area contributed by atoms with Crippen molar-refractivity contribution in [2.75, 3.05) is 26.4 Å². The number of aryl methyl sites for hydroxylation is 1. The molecule has 262 valence electrons. The highest BCUT2D eigenvalue weighted by Crippen LogP contribution is 2.28. The van der Waals surface area contributed by atoms with E-state index in [2.05, 4.69) is 13.2 Å². The predicted molar refractivity (Wildman–Crippen MR) is 185 cm³/mol. The Kier molecular flexibility index (Phi) is 17.0. The standard InChI is InChI=1S/C39H46O10/c1-4-36(40)46-26-12-8-6-10-24-44-32-18-14-30(15-19-32)38(42)48-34-22-23-35(29(3)28-34)49-39(43)31-16-20-33(21-17-31)45-25-11-7-9-13-27-47-37(41)5-2/h4-5,14-23,28,39,43H,1-2,6-13,24-27H2,3H3. The Bertz CT molecular complexity index is 1480. The van der Waals surface area contributed by atoms with Crippen LogP contribution in [0.3, 0.4) is 0 Å². The fraction of sp³-hybridized carbons (Fsp3) is 0.359. The molecule has 10 heteroatoms. The van der Waals surface area contributed by atoms with E-state index < -0.39 is 24.2 Å². The van der Waals surface area contributed by atoms with Crippen molar-refractivity contribution >= 4 is 17.9 Å². The summed E-state index contributed by atoms with van der Waals surface area (Å²) in [7, 11) is 0. The van der Waals surface area contributed by atoms with Crippen LogP contribution in [0.2, 0.25) is 0 Å². The highest BCUT2D eigenvalue weighted by molar-refractivity contribution is 5.91. The first kappa shape index (κ1) is 38.4. The summed E-state index contributed by atoms with van der Waals surface area (Å²) in [6.07, 6.45) is 8.21. The van der Waals surface area contributed by atoms with Gasteiger partial charge < -0.3 is 33.5 Å². The monoisotopic (exact) mass is 674 g/mol. The van der Waals surface area contributed by atoms with Crippen molar-refractivity contribution in [2.45, 2.75) is 64.6 Å². The van der Waals surface area contributed by atoms with Gasteiger partial charge in [0.1, 0.15) is 23.0 Å². The van der Waals surface area contributed by atoms with Gasteiger partial charge in [-0.2, -0.15) is 0 Å². The topological polar surface area (TPSA) is 127 Å². The number of hydrogen-bond donors (Lipinski definition) is 1. The zero-order valence-corrected chi connectivity index (χ0v) is 28.1. The lowest BCUT2D eigenvalue weighted by atomic mass is 10.2. The Morgan fingerprint density at radius 3 is 1.61 bits per heavy atom. The van der Waals surface area contributed by atoms with Crippen LogP contribution in [-0.4, -0.2) is 49.4 Å². The zero-order chi connectivity index (χ0) is 35.3. The molecular formula is C39H46O10. The van der Waals surface area contributed by atoms with Crippen molar-refractivity contribution in [3.63, 3.8) is 0 Å². The van der Waals surface area contributed by atoms with Gasteiger partial charge >= 0.3 is 17.9 Å². The lowest BCUT2D eigenvalue weighted by Gasteiger charge is -2.17. The number of ether oxygens (including phenoxy) is 6. The van der Waals surface area contributed by atoms with E-state index in [-0.39, 0.29) is 0 Å². The highest BCUT2D eigenvalue weighted by Gasteiger charge is 2.14. The third-order valence-electron chi connectivity index (χ3n) is 7.29. The van der Waals surface area contributed by atoms with Crippen LogP contribution >= 0.6 is 0 Å². The van der Waals surface area contributed by atoms with E-state index in [0.717, 1.165) is 63.5 Å². The van der Waals surface area contributed by atoms with Crippen LogP contribution in [0.5, 0.6) is 23.0 Å². The lowest BCUT2D eigenvalue weighted by Crippen LogP contribution is -2.10. The average molecular weight is 675 g/mol. The van der Waals surface area contributed by atoms with Crippen molar-refractivity contribution in [1.82, 2.24) is 0 Å². The first-order chi connectivity index (χ1) is 23.8. The van der Waals surface area contributed by atoms with E-state index in [1.54, 1.807) is 73.7 Å².